The van der Waals surface area contributed by atoms with E-state index in [2.05, 4.69) is 10.3 Å². The highest BCUT2D eigenvalue weighted by Crippen LogP contribution is 2.33. The van der Waals surface area contributed by atoms with Gasteiger partial charge in [0.25, 0.3) is 5.91 Å². The zero-order chi connectivity index (χ0) is 16.6. The fourth-order valence-electron chi connectivity index (χ4n) is 2.35. The first kappa shape index (κ1) is 15.6. The summed E-state index contributed by atoms with van der Waals surface area (Å²) in [6.45, 7) is 0. The maximum atomic E-state index is 12.1. The van der Waals surface area contributed by atoms with E-state index in [1.807, 2.05) is 0 Å². The predicted octanol–water partition coefficient (Wildman–Crippen LogP) is 2.55. The normalized spacial score (nSPS) is 16.6. The molecule has 0 saturated heterocycles. The second kappa shape index (κ2) is 6.05. The Morgan fingerprint density at radius 2 is 2.17 bits per heavy atom. The number of aliphatic carboxylic acids is 1. The minimum absolute atomic E-state index is 0.0992. The molecule has 0 bridgehead atoms. The molecule has 0 saturated carbocycles. The molecule has 2 aromatic rings. The molecule has 2 aromatic heterocycles. The lowest BCUT2D eigenvalue weighted by Crippen LogP contribution is -2.21. The van der Waals surface area contributed by atoms with Crippen molar-refractivity contribution in [3.63, 3.8) is 0 Å². The summed E-state index contributed by atoms with van der Waals surface area (Å²) in [5.74, 6) is -1.72. The second-order valence-electron chi connectivity index (χ2n) is 5.02. The number of amides is 1. The number of carboxylic acid groups (broad SMARTS) is 1. The van der Waals surface area contributed by atoms with Gasteiger partial charge in [0.2, 0.25) is 0 Å². The molecule has 10 heteroatoms. The van der Waals surface area contributed by atoms with E-state index in [4.69, 9.17) is 5.11 Å². The van der Waals surface area contributed by atoms with Gasteiger partial charge in [-0.25, -0.2) is 4.98 Å². The van der Waals surface area contributed by atoms with Crippen LogP contribution in [0.1, 0.15) is 26.7 Å². The third-order valence-corrected chi connectivity index (χ3v) is 5.61. The molecule has 2 N–H and O–H groups in total. The van der Waals surface area contributed by atoms with Crippen LogP contribution in [-0.2, 0) is 17.6 Å². The van der Waals surface area contributed by atoms with E-state index in [1.54, 1.807) is 0 Å². The van der Waals surface area contributed by atoms with Gasteiger partial charge in [0.1, 0.15) is 0 Å². The molecule has 1 atom stereocenters. The Bertz CT molecular complexity index is 797. The van der Waals surface area contributed by atoms with Gasteiger partial charge in [0.15, 0.2) is 5.13 Å². The lowest BCUT2D eigenvalue weighted by molar-refractivity contribution is -0.380. The fraction of sp³-hybridized carbons (Fsp3) is 0.308. The number of rotatable bonds is 4. The number of thiazole rings is 1. The summed E-state index contributed by atoms with van der Waals surface area (Å²) in [5, 5.41) is 22.6. The molecule has 0 radical (unpaired) electrons. The highest BCUT2D eigenvalue weighted by Gasteiger charge is 2.27. The SMILES string of the molecule is O=C(Nc1nc2c(s1)CCC(C(=O)O)C2)c1ccc([N+](=O)[O-])s1. The second-order valence-corrected chi connectivity index (χ2v) is 7.16. The topological polar surface area (TPSA) is 122 Å². The van der Waals surface area contributed by atoms with Crippen LogP contribution in [0.5, 0.6) is 0 Å². The van der Waals surface area contributed by atoms with Gasteiger partial charge >= 0.3 is 11.0 Å². The highest BCUT2D eigenvalue weighted by atomic mass is 32.1. The molecule has 8 nitrogen and oxygen atoms in total. The first-order chi connectivity index (χ1) is 10.9. The van der Waals surface area contributed by atoms with Crippen molar-refractivity contribution in [1.82, 2.24) is 4.98 Å². The lowest BCUT2D eigenvalue weighted by Gasteiger charge is -2.16. The van der Waals surface area contributed by atoms with Crippen molar-refractivity contribution >= 4 is 44.7 Å². The monoisotopic (exact) mass is 353 g/mol. The van der Waals surface area contributed by atoms with Gasteiger partial charge in [-0.05, 0) is 18.9 Å². The summed E-state index contributed by atoms with van der Waals surface area (Å²) >= 11 is 2.12. The zero-order valence-corrected chi connectivity index (χ0v) is 13.3. The average Bonchev–Trinajstić information content (AvgIpc) is 3.12. The molecule has 0 fully saturated rings. The Morgan fingerprint density at radius 1 is 1.39 bits per heavy atom. The Labute approximate surface area is 137 Å². The van der Waals surface area contributed by atoms with Crippen molar-refractivity contribution in [1.29, 1.82) is 0 Å². The van der Waals surface area contributed by atoms with Crippen LogP contribution in [-0.4, -0.2) is 26.9 Å². The van der Waals surface area contributed by atoms with Gasteiger partial charge in [-0.3, -0.25) is 25.0 Å². The van der Waals surface area contributed by atoms with Crippen molar-refractivity contribution in [3.8, 4) is 0 Å². The van der Waals surface area contributed by atoms with Gasteiger partial charge in [-0.15, -0.1) is 11.3 Å². The van der Waals surface area contributed by atoms with Crippen molar-refractivity contribution in [2.24, 2.45) is 5.92 Å². The van der Waals surface area contributed by atoms with Crippen LogP contribution in [0, 0.1) is 16.0 Å². The maximum absolute atomic E-state index is 12.1. The standard InChI is InChI=1S/C13H11N3O5S2/c17-11(9-3-4-10(22-9)16(20)21)15-13-14-7-5-6(12(18)19)1-2-8(7)23-13/h3-4,6H,1-2,5H2,(H,18,19)(H,14,15,17). The molecular weight excluding hydrogens is 342 g/mol. The number of carbonyl (C=O) groups is 2. The van der Waals surface area contributed by atoms with Crippen molar-refractivity contribution in [3.05, 3.63) is 37.7 Å². The average molecular weight is 353 g/mol. The Balaban J connectivity index is 1.72. The van der Waals surface area contributed by atoms with E-state index >= 15 is 0 Å². The molecular formula is C13H11N3O5S2. The number of anilines is 1. The number of thiophene rings is 1. The van der Waals surface area contributed by atoms with Crippen LogP contribution >= 0.6 is 22.7 Å². The highest BCUT2D eigenvalue weighted by molar-refractivity contribution is 7.18. The van der Waals surface area contributed by atoms with Crippen molar-refractivity contribution in [2.75, 3.05) is 5.32 Å². The fourth-order valence-corrected chi connectivity index (χ4v) is 4.07. The number of fused-ring (bicyclic) bond motifs is 1. The predicted molar refractivity (Wildman–Crippen MR) is 84.2 cm³/mol. The molecule has 1 unspecified atom stereocenters. The quantitative estimate of drug-likeness (QED) is 0.643. The molecule has 1 aliphatic carbocycles. The number of nitrogens with one attached hydrogen (secondary N) is 1. The zero-order valence-electron chi connectivity index (χ0n) is 11.6. The van der Waals surface area contributed by atoms with Crippen molar-refractivity contribution in [2.45, 2.75) is 19.3 Å². The van der Waals surface area contributed by atoms with Gasteiger partial charge in [0, 0.05) is 17.4 Å². The van der Waals surface area contributed by atoms with Gasteiger partial charge in [0.05, 0.1) is 21.4 Å². The molecule has 0 aromatic carbocycles. The third-order valence-electron chi connectivity index (χ3n) is 3.50. The summed E-state index contributed by atoms with van der Waals surface area (Å²) in [5.41, 5.74) is 0.709. The third kappa shape index (κ3) is 3.22. The lowest BCUT2D eigenvalue weighted by atomic mass is 9.91. The summed E-state index contributed by atoms with van der Waals surface area (Å²) in [4.78, 5) is 38.7. The van der Waals surface area contributed by atoms with E-state index < -0.39 is 22.7 Å². The first-order valence-electron chi connectivity index (χ1n) is 6.71. The van der Waals surface area contributed by atoms with E-state index in [9.17, 15) is 19.7 Å². The van der Waals surface area contributed by atoms with Gasteiger partial charge in [-0.1, -0.05) is 11.3 Å². The largest absolute Gasteiger partial charge is 0.481 e. The van der Waals surface area contributed by atoms with Crippen LogP contribution in [0.2, 0.25) is 0 Å². The van der Waals surface area contributed by atoms with Gasteiger partial charge in [-0.2, -0.15) is 0 Å². The first-order valence-corrected chi connectivity index (χ1v) is 8.34. The molecule has 1 amide bonds. The maximum Gasteiger partial charge on any atom is 0.324 e. The number of carboxylic acids is 1. The van der Waals surface area contributed by atoms with E-state index in [0.29, 0.717) is 30.1 Å². The van der Waals surface area contributed by atoms with Crippen LogP contribution in [0.25, 0.3) is 0 Å². The molecule has 1 aliphatic rings. The summed E-state index contributed by atoms with van der Waals surface area (Å²) in [6.07, 6.45) is 1.56. The number of hydrogen-bond acceptors (Lipinski definition) is 7. The summed E-state index contributed by atoms with van der Waals surface area (Å²) in [6, 6.07) is 2.68. The van der Waals surface area contributed by atoms with E-state index in [-0.39, 0.29) is 9.88 Å². The number of hydrogen-bond donors (Lipinski definition) is 2. The van der Waals surface area contributed by atoms with Crippen molar-refractivity contribution < 1.29 is 19.6 Å². The van der Waals surface area contributed by atoms with Crippen LogP contribution in [0.4, 0.5) is 10.1 Å². The Morgan fingerprint density at radius 3 is 2.83 bits per heavy atom. The van der Waals surface area contributed by atoms with Gasteiger partial charge < -0.3 is 5.11 Å². The van der Waals surface area contributed by atoms with E-state index in [0.717, 1.165) is 16.2 Å². The summed E-state index contributed by atoms with van der Waals surface area (Å²) in [7, 11) is 0. The summed E-state index contributed by atoms with van der Waals surface area (Å²) < 4.78 is 0. The molecule has 120 valence electrons. The van der Waals surface area contributed by atoms with Crippen LogP contribution in [0.15, 0.2) is 12.1 Å². The smallest absolute Gasteiger partial charge is 0.324 e. The molecule has 0 spiro atoms. The number of nitro groups is 1. The molecule has 2 heterocycles. The van der Waals surface area contributed by atoms with E-state index in [1.165, 1.54) is 23.5 Å². The molecule has 23 heavy (non-hydrogen) atoms. The molecule has 0 aliphatic heterocycles. The minimum atomic E-state index is -0.833. The Kier molecular flexibility index (Phi) is 4.09. The number of nitrogens with zero attached hydrogens (tertiary/aromatic N) is 2. The van der Waals surface area contributed by atoms with Crippen LogP contribution in [0.3, 0.4) is 0 Å². The minimum Gasteiger partial charge on any atom is -0.481 e. The number of carbonyl (C=O) groups excluding carboxylic acids is 1. The number of aromatic nitrogens is 1. The Hall–Kier alpha value is -2.33. The van der Waals surface area contributed by atoms with Crippen LogP contribution < -0.4 is 5.32 Å². The number of aryl methyl sites for hydroxylation is 1. The molecule has 3 rings (SSSR count).